The van der Waals surface area contributed by atoms with Crippen molar-refractivity contribution in [3.63, 3.8) is 0 Å². The molecule has 262 valence electrons. The molecule has 0 amide bonds. The van der Waals surface area contributed by atoms with Crippen molar-refractivity contribution < 1.29 is 0 Å². The summed E-state index contributed by atoms with van der Waals surface area (Å²) < 4.78 is 0. The Hall–Kier alpha value is -7.42. The molecule has 0 aliphatic heterocycles. The Morgan fingerprint density at radius 1 is 0.250 bits per heavy atom. The molecule has 0 aliphatic carbocycles. The van der Waals surface area contributed by atoms with Crippen molar-refractivity contribution in [1.29, 1.82) is 0 Å². The van der Waals surface area contributed by atoms with Crippen LogP contribution >= 0.6 is 0 Å². The van der Waals surface area contributed by atoms with E-state index in [1.165, 1.54) is 49.5 Å². The van der Waals surface area contributed by atoms with Crippen LogP contribution in [0.4, 0.5) is 0 Å². The molecule has 0 radical (unpaired) electrons. The minimum absolute atomic E-state index is 0.966. The van der Waals surface area contributed by atoms with Gasteiger partial charge >= 0.3 is 0 Å². The van der Waals surface area contributed by atoms with E-state index in [2.05, 4.69) is 200 Å². The van der Waals surface area contributed by atoms with Crippen LogP contribution in [-0.4, -0.2) is 9.97 Å². The lowest BCUT2D eigenvalue weighted by molar-refractivity contribution is 1.32. The Bertz CT molecular complexity index is 2900. The topological polar surface area (TPSA) is 25.8 Å². The molecule has 0 unspecified atom stereocenters. The van der Waals surface area contributed by atoms with Gasteiger partial charge < -0.3 is 0 Å². The highest BCUT2D eigenvalue weighted by Crippen LogP contribution is 2.39. The second-order valence-corrected chi connectivity index (χ2v) is 14.2. The van der Waals surface area contributed by atoms with Gasteiger partial charge in [0.1, 0.15) is 0 Å². The number of rotatable bonds is 7. The molecule has 2 heterocycles. The maximum Gasteiger partial charge on any atom is 0.0722 e. The third-order valence-corrected chi connectivity index (χ3v) is 10.7. The fourth-order valence-electron chi connectivity index (χ4n) is 7.76. The molecule has 0 atom stereocenters. The summed E-state index contributed by atoms with van der Waals surface area (Å²) in [5.74, 6) is 0. The summed E-state index contributed by atoms with van der Waals surface area (Å²) in [6.07, 6.45) is 0. The molecule has 0 saturated heterocycles. The molecular weight excluding hydrogens is 677 g/mol. The van der Waals surface area contributed by atoms with E-state index in [1.54, 1.807) is 0 Å². The SMILES string of the molecule is c1ccc(-c2cc(-c3ccc(-c4ccc(-c5ccc6ccc7nc(-c8ccccc8)cc(-c8ccccc8)c7c6c5)cc4)cc3)cc(-c3ccccc3)n2)cc1. The van der Waals surface area contributed by atoms with E-state index in [-0.39, 0.29) is 0 Å². The highest BCUT2D eigenvalue weighted by atomic mass is 14.7. The Kier molecular flexibility index (Phi) is 8.55. The third-order valence-electron chi connectivity index (χ3n) is 10.7. The average molecular weight is 713 g/mol. The van der Waals surface area contributed by atoms with Crippen LogP contribution in [0.25, 0.3) is 100.0 Å². The zero-order chi connectivity index (χ0) is 37.3. The highest BCUT2D eigenvalue weighted by Gasteiger charge is 2.14. The number of benzene rings is 8. The molecule has 2 aromatic heterocycles. The fourth-order valence-corrected chi connectivity index (χ4v) is 7.76. The van der Waals surface area contributed by atoms with Gasteiger partial charge in [0.25, 0.3) is 0 Å². The lowest BCUT2D eigenvalue weighted by Gasteiger charge is -2.14. The summed E-state index contributed by atoms with van der Waals surface area (Å²) in [4.78, 5) is 10.2. The molecule has 0 N–H and O–H groups in total. The van der Waals surface area contributed by atoms with E-state index in [0.29, 0.717) is 0 Å². The van der Waals surface area contributed by atoms with Crippen LogP contribution in [0, 0.1) is 0 Å². The van der Waals surface area contributed by atoms with E-state index in [9.17, 15) is 0 Å². The first-order chi connectivity index (χ1) is 27.7. The predicted molar refractivity (Wildman–Crippen MR) is 235 cm³/mol. The Labute approximate surface area is 327 Å². The zero-order valence-corrected chi connectivity index (χ0v) is 30.7. The minimum Gasteiger partial charge on any atom is -0.248 e. The van der Waals surface area contributed by atoms with Gasteiger partial charge in [0, 0.05) is 22.1 Å². The summed E-state index contributed by atoms with van der Waals surface area (Å²) in [5.41, 5.74) is 16.6. The van der Waals surface area contributed by atoms with Crippen molar-refractivity contribution in [1.82, 2.24) is 9.97 Å². The summed E-state index contributed by atoms with van der Waals surface area (Å²) in [5, 5.41) is 3.57. The maximum atomic E-state index is 5.19. The summed E-state index contributed by atoms with van der Waals surface area (Å²) in [6, 6.07) is 77.6. The largest absolute Gasteiger partial charge is 0.248 e. The molecule has 2 heteroatoms. The Morgan fingerprint density at radius 3 is 1.14 bits per heavy atom. The van der Waals surface area contributed by atoms with Gasteiger partial charge in [0.2, 0.25) is 0 Å². The maximum absolute atomic E-state index is 5.19. The molecule has 10 rings (SSSR count). The van der Waals surface area contributed by atoms with Crippen molar-refractivity contribution in [2.75, 3.05) is 0 Å². The van der Waals surface area contributed by atoms with Crippen LogP contribution in [0.2, 0.25) is 0 Å². The van der Waals surface area contributed by atoms with Crippen LogP contribution in [0.3, 0.4) is 0 Å². The van der Waals surface area contributed by atoms with Gasteiger partial charge in [-0.1, -0.05) is 188 Å². The van der Waals surface area contributed by atoms with Crippen LogP contribution in [0.5, 0.6) is 0 Å². The Morgan fingerprint density at radius 2 is 0.643 bits per heavy atom. The number of aromatic nitrogens is 2. The van der Waals surface area contributed by atoms with Gasteiger partial charge in [0.05, 0.1) is 22.6 Å². The van der Waals surface area contributed by atoms with E-state index >= 15 is 0 Å². The minimum atomic E-state index is 0.966. The van der Waals surface area contributed by atoms with Gasteiger partial charge in [0.15, 0.2) is 0 Å². The molecule has 10 aromatic rings. The normalized spacial score (nSPS) is 11.2. The highest BCUT2D eigenvalue weighted by molar-refractivity contribution is 6.14. The zero-order valence-electron chi connectivity index (χ0n) is 30.7. The molecule has 0 saturated carbocycles. The fraction of sp³-hybridized carbons (Fsp3) is 0. The van der Waals surface area contributed by atoms with Crippen LogP contribution in [0.15, 0.2) is 218 Å². The third kappa shape index (κ3) is 6.44. The van der Waals surface area contributed by atoms with E-state index in [1.807, 2.05) is 18.2 Å². The molecular formula is C54H36N2. The van der Waals surface area contributed by atoms with Gasteiger partial charge in [-0.15, -0.1) is 0 Å². The molecule has 0 fully saturated rings. The van der Waals surface area contributed by atoms with Crippen molar-refractivity contribution in [3.05, 3.63) is 218 Å². The van der Waals surface area contributed by atoms with Gasteiger partial charge in [-0.2, -0.15) is 0 Å². The van der Waals surface area contributed by atoms with Crippen molar-refractivity contribution >= 4 is 21.7 Å². The lowest BCUT2D eigenvalue weighted by atomic mass is 9.92. The molecule has 0 bridgehead atoms. The van der Waals surface area contributed by atoms with E-state index < -0.39 is 0 Å². The first-order valence-corrected chi connectivity index (χ1v) is 19.1. The molecule has 8 aromatic carbocycles. The standard InChI is InChI=1S/C54H36N2/c1-5-13-41(14-6-1)49-36-53(45-19-11-4-12-20-45)55-50-32-31-42-29-30-46(33-48(42)54(49)50)39-25-21-37(22-26-39)38-23-27-40(28-24-38)47-34-51(43-15-7-2-8-16-43)56-52(35-47)44-17-9-3-10-18-44/h1-36H. The van der Waals surface area contributed by atoms with Gasteiger partial charge in [-0.25, -0.2) is 9.97 Å². The number of fused-ring (bicyclic) bond motifs is 3. The van der Waals surface area contributed by atoms with Crippen molar-refractivity contribution in [2.24, 2.45) is 0 Å². The second kappa shape index (κ2) is 14.4. The quantitative estimate of drug-likeness (QED) is 0.154. The number of hydrogen-bond donors (Lipinski definition) is 0. The molecule has 56 heavy (non-hydrogen) atoms. The van der Waals surface area contributed by atoms with Crippen LogP contribution in [0.1, 0.15) is 0 Å². The summed E-state index contributed by atoms with van der Waals surface area (Å²) in [7, 11) is 0. The Balaban J connectivity index is 0.990. The van der Waals surface area contributed by atoms with Crippen molar-refractivity contribution in [3.8, 4) is 78.3 Å². The lowest BCUT2D eigenvalue weighted by Crippen LogP contribution is -1.91. The van der Waals surface area contributed by atoms with Gasteiger partial charge in [-0.05, 0) is 85.6 Å². The van der Waals surface area contributed by atoms with Crippen LogP contribution < -0.4 is 0 Å². The van der Waals surface area contributed by atoms with E-state index in [0.717, 1.165) is 50.4 Å². The number of pyridine rings is 2. The smallest absolute Gasteiger partial charge is 0.0722 e. The van der Waals surface area contributed by atoms with E-state index in [4.69, 9.17) is 9.97 Å². The molecule has 0 aliphatic rings. The first kappa shape index (κ1) is 33.2. The molecule has 0 spiro atoms. The molecule has 2 nitrogen and oxygen atoms in total. The summed E-state index contributed by atoms with van der Waals surface area (Å²) in [6.45, 7) is 0. The average Bonchev–Trinajstić information content (AvgIpc) is 3.29. The number of hydrogen-bond acceptors (Lipinski definition) is 2. The predicted octanol–water partition coefficient (Wildman–Crippen LogP) is 14.5. The summed E-state index contributed by atoms with van der Waals surface area (Å²) >= 11 is 0. The second-order valence-electron chi connectivity index (χ2n) is 14.2. The van der Waals surface area contributed by atoms with Gasteiger partial charge in [-0.3, -0.25) is 0 Å². The number of nitrogens with zero attached hydrogens (tertiary/aromatic N) is 2. The monoisotopic (exact) mass is 712 g/mol. The first-order valence-electron chi connectivity index (χ1n) is 19.1. The van der Waals surface area contributed by atoms with Crippen molar-refractivity contribution in [2.45, 2.75) is 0 Å². The van der Waals surface area contributed by atoms with Crippen LogP contribution in [-0.2, 0) is 0 Å².